The number of aromatic carboxylic acids is 1. The third kappa shape index (κ3) is 4.34. The number of ether oxygens (including phenoxy) is 1. The quantitative estimate of drug-likeness (QED) is 0.797. The van der Waals surface area contributed by atoms with Crippen LogP contribution in [-0.4, -0.2) is 36.4 Å². The third-order valence-electron chi connectivity index (χ3n) is 3.43. The number of nitrogens with one attached hydrogen (secondary N) is 2. The van der Waals surface area contributed by atoms with Gasteiger partial charge in [-0.2, -0.15) is 0 Å². The van der Waals surface area contributed by atoms with Crippen LogP contribution in [0.5, 0.6) is 0 Å². The Morgan fingerprint density at radius 3 is 2.81 bits per heavy atom. The first-order valence-electron chi connectivity index (χ1n) is 6.65. The second-order valence-electron chi connectivity index (χ2n) is 5.04. The molecular formula is C14H17ClN2O4. The van der Waals surface area contributed by atoms with Gasteiger partial charge in [0, 0.05) is 29.3 Å². The van der Waals surface area contributed by atoms with Gasteiger partial charge < -0.3 is 20.5 Å². The number of anilines is 1. The van der Waals surface area contributed by atoms with Crippen LogP contribution in [0.2, 0.25) is 5.02 Å². The van der Waals surface area contributed by atoms with E-state index in [1.165, 1.54) is 18.2 Å². The maximum absolute atomic E-state index is 11.9. The Labute approximate surface area is 127 Å². The molecule has 0 aromatic heterocycles. The van der Waals surface area contributed by atoms with E-state index in [9.17, 15) is 9.59 Å². The Morgan fingerprint density at radius 1 is 1.43 bits per heavy atom. The van der Waals surface area contributed by atoms with Gasteiger partial charge >= 0.3 is 12.0 Å². The zero-order valence-electron chi connectivity index (χ0n) is 11.6. The van der Waals surface area contributed by atoms with Gasteiger partial charge in [0.2, 0.25) is 0 Å². The van der Waals surface area contributed by atoms with E-state index in [0.717, 1.165) is 6.42 Å². The molecule has 7 heteroatoms. The highest BCUT2D eigenvalue weighted by atomic mass is 35.5. The lowest BCUT2D eigenvalue weighted by atomic mass is 10.0. The largest absolute Gasteiger partial charge is 0.478 e. The van der Waals surface area contributed by atoms with Crippen molar-refractivity contribution in [2.75, 3.05) is 18.5 Å². The smallest absolute Gasteiger partial charge is 0.335 e. The van der Waals surface area contributed by atoms with Crippen molar-refractivity contribution < 1.29 is 19.4 Å². The number of rotatable bonds is 4. The number of carboxylic acids is 1. The number of hydrogen-bond donors (Lipinski definition) is 3. The van der Waals surface area contributed by atoms with Crippen molar-refractivity contribution in [3.8, 4) is 0 Å². The van der Waals surface area contributed by atoms with Crippen molar-refractivity contribution in [2.24, 2.45) is 5.92 Å². The molecule has 1 heterocycles. The molecule has 2 amide bonds. The monoisotopic (exact) mass is 312 g/mol. The standard InChI is InChI=1S/C14H17ClN2O4/c1-8(9-2-3-21-7-9)16-14(20)17-12-5-10(13(18)19)4-11(15)6-12/h4-6,8-9H,2-3,7H2,1H3,(H,18,19)(H2,16,17,20). The zero-order valence-corrected chi connectivity index (χ0v) is 12.3. The molecule has 6 nitrogen and oxygen atoms in total. The Kier molecular flexibility index (Phi) is 5.03. The fourth-order valence-corrected chi connectivity index (χ4v) is 2.46. The van der Waals surface area contributed by atoms with Crippen LogP contribution >= 0.6 is 11.6 Å². The Balaban J connectivity index is 1.97. The number of benzene rings is 1. The summed E-state index contributed by atoms with van der Waals surface area (Å²) in [7, 11) is 0. The highest BCUT2D eigenvalue weighted by Crippen LogP contribution is 2.20. The fourth-order valence-electron chi connectivity index (χ4n) is 2.22. The first-order chi connectivity index (χ1) is 9.95. The molecule has 0 saturated carbocycles. The minimum absolute atomic E-state index is 0.0226. The van der Waals surface area contributed by atoms with E-state index >= 15 is 0 Å². The summed E-state index contributed by atoms with van der Waals surface area (Å²) >= 11 is 5.84. The van der Waals surface area contributed by atoms with E-state index in [1.807, 2.05) is 6.92 Å². The summed E-state index contributed by atoms with van der Waals surface area (Å²) in [5.74, 6) is -0.804. The van der Waals surface area contributed by atoms with Gasteiger partial charge in [0.25, 0.3) is 0 Å². The molecule has 2 atom stereocenters. The van der Waals surface area contributed by atoms with Crippen molar-refractivity contribution in [2.45, 2.75) is 19.4 Å². The van der Waals surface area contributed by atoms with Crippen LogP contribution in [0.3, 0.4) is 0 Å². The van der Waals surface area contributed by atoms with Crippen LogP contribution in [0.15, 0.2) is 18.2 Å². The predicted molar refractivity (Wildman–Crippen MR) is 79.0 cm³/mol. The van der Waals surface area contributed by atoms with E-state index in [1.54, 1.807) is 0 Å². The molecule has 0 aliphatic carbocycles. The fraction of sp³-hybridized carbons (Fsp3) is 0.429. The molecule has 1 saturated heterocycles. The summed E-state index contributed by atoms with van der Waals surface area (Å²) in [5.41, 5.74) is 0.363. The van der Waals surface area contributed by atoms with Crippen LogP contribution in [0.1, 0.15) is 23.7 Å². The molecule has 1 fully saturated rings. The molecule has 1 aromatic carbocycles. The average Bonchev–Trinajstić information content (AvgIpc) is 2.91. The topological polar surface area (TPSA) is 87.7 Å². The van der Waals surface area contributed by atoms with Crippen LogP contribution in [-0.2, 0) is 4.74 Å². The van der Waals surface area contributed by atoms with E-state index < -0.39 is 12.0 Å². The van der Waals surface area contributed by atoms with Gasteiger partial charge in [-0.3, -0.25) is 0 Å². The summed E-state index contributed by atoms with van der Waals surface area (Å²) in [6, 6.07) is 3.76. The SMILES string of the molecule is CC(NC(=O)Nc1cc(Cl)cc(C(=O)O)c1)C1CCOC1. The number of halogens is 1. The average molecular weight is 313 g/mol. The van der Waals surface area contributed by atoms with Gasteiger partial charge in [0.15, 0.2) is 0 Å². The minimum atomic E-state index is -1.10. The summed E-state index contributed by atoms with van der Waals surface area (Å²) in [5, 5.41) is 14.6. The van der Waals surface area contributed by atoms with E-state index in [0.29, 0.717) is 24.8 Å². The highest BCUT2D eigenvalue weighted by molar-refractivity contribution is 6.31. The normalized spacial score (nSPS) is 19.0. The molecule has 21 heavy (non-hydrogen) atoms. The van der Waals surface area contributed by atoms with Gasteiger partial charge in [0.1, 0.15) is 0 Å². The number of carbonyl (C=O) groups is 2. The maximum atomic E-state index is 11.9. The van der Waals surface area contributed by atoms with Gasteiger partial charge in [0.05, 0.1) is 12.2 Å². The Hall–Kier alpha value is -1.79. The van der Waals surface area contributed by atoms with E-state index in [2.05, 4.69) is 10.6 Å². The molecule has 114 valence electrons. The van der Waals surface area contributed by atoms with Crippen LogP contribution < -0.4 is 10.6 Å². The Morgan fingerprint density at radius 2 is 2.19 bits per heavy atom. The van der Waals surface area contributed by atoms with Gasteiger partial charge in [-0.1, -0.05) is 11.6 Å². The molecule has 1 aliphatic rings. The van der Waals surface area contributed by atoms with Crippen molar-refractivity contribution >= 4 is 29.3 Å². The van der Waals surface area contributed by atoms with Crippen LogP contribution in [0, 0.1) is 5.92 Å². The molecule has 1 aliphatic heterocycles. The molecule has 2 unspecified atom stereocenters. The Bertz CT molecular complexity index is 544. The lowest BCUT2D eigenvalue weighted by Crippen LogP contribution is -2.40. The maximum Gasteiger partial charge on any atom is 0.335 e. The van der Waals surface area contributed by atoms with Crippen molar-refractivity contribution in [1.29, 1.82) is 0 Å². The van der Waals surface area contributed by atoms with Crippen LogP contribution in [0.25, 0.3) is 0 Å². The van der Waals surface area contributed by atoms with E-state index in [4.69, 9.17) is 21.4 Å². The summed E-state index contributed by atoms with van der Waals surface area (Å²) in [6.07, 6.45) is 0.918. The second-order valence-corrected chi connectivity index (χ2v) is 5.48. The summed E-state index contributed by atoms with van der Waals surface area (Å²) < 4.78 is 5.28. The lowest BCUT2D eigenvalue weighted by molar-refractivity contribution is 0.0697. The molecule has 0 bridgehead atoms. The number of carboxylic acid groups (broad SMARTS) is 1. The van der Waals surface area contributed by atoms with Crippen molar-refractivity contribution in [1.82, 2.24) is 5.32 Å². The predicted octanol–water partition coefficient (Wildman–Crippen LogP) is 2.58. The van der Waals surface area contributed by atoms with E-state index in [-0.39, 0.29) is 16.6 Å². The number of amides is 2. The molecule has 3 N–H and O–H groups in total. The first kappa shape index (κ1) is 15.6. The highest BCUT2D eigenvalue weighted by Gasteiger charge is 2.23. The number of urea groups is 1. The van der Waals surface area contributed by atoms with Crippen molar-refractivity contribution in [3.63, 3.8) is 0 Å². The number of carbonyl (C=O) groups excluding carboxylic acids is 1. The van der Waals surface area contributed by atoms with Gasteiger partial charge in [-0.05, 0) is 31.5 Å². The van der Waals surface area contributed by atoms with Gasteiger partial charge in [-0.25, -0.2) is 9.59 Å². The molecule has 1 aromatic rings. The zero-order chi connectivity index (χ0) is 15.4. The molecular weight excluding hydrogens is 296 g/mol. The summed E-state index contributed by atoms with van der Waals surface area (Å²) in [6.45, 7) is 3.27. The molecule has 2 rings (SSSR count). The minimum Gasteiger partial charge on any atom is -0.478 e. The molecule has 0 radical (unpaired) electrons. The third-order valence-corrected chi connectivity index (χ3v) is 3.65. The summed E-state index contributed by atoms with van der Waals surface area (Å²) in [4.78, 5) is 22.9. The second kappa shape index (κ2) is 6.78. The number of hydrogen-bond acceptors (Lipinski definition) is 3. The van der Waals surface area contributed by atoms with Crippen molar-refractivity contribution in [3.05, 3.63) is 28.8 Å². The molecule has 0 spiro atoms. The van der Waals surface area contributed by atoms with Crippen LogP contribution in [0.4, 0.5) is 10.5 Å². The first-order valence-corrected chi connectivity index (χ1v) is 7.02. The van der Waals surface area contributed by atoms with Gasteiger partial charge in [-0.15, -0.1) is 0 Å². The lowest BCUT2D eigenvalue weighted by Gasteiger charge is -2.19.